The van der Waals surface area contributed by atoms with Crippen LogP contribution < -0.4 is 0 Å². The van der Waals surface area contributed by atoms with Crippen LogP contribution in [-0.2, 0) is 14.3 Å². The van der Waals surface area contributed by atoms with Crippen LogP contribution in [0.1, 0.15) is 32.6 Å². The first-order valence-corrected chi connectivity index (χ1v) is 4.69. The summed E-state index contributed by atoms with van der Waals surface area (Å²) < 4.78 is 9.85. The van der Waals surface area contributed by atoms with Gasteiger partial charge in [0.05, 0.1) is 19.5 Å². The lowest BCUT2D eigenvalue weighted by molar-refractivity contribution is -0.143. The minimum absolute atomic E-state index is 0.105. The summed E-state index contributed by atoms with van der Waals surface area (Å²) in [5.74, 6) is -0.105. The average Bonchev–Trinajstić information content (AvgIpc) is 2.11. The van der Waals surface area contributed by atoms with E-state index in [9.17, 15) is 4.79 Å². The molecule has 0 radical (unpaired) electrons. The van der Waals surface area contributed by atoms with Gasteiger partial charge in [0.2, 0.25) is 0 Å². The molecule has 0 bridgehead atoms. The number of rotatable bonds is 8. The molecule has 0 aliphatic heterocycles. The molecule has 0 saturated heterocycles. The van der Waals surface area contributed by atoms with Gasteiger partial charge in [0.15, 0.2) is 0 Å². The number of unbranched alkanes of at least 4 members (excludes halogenated alkanes) is 1. The van der Waals surface area contributed by atoms with E-state index < -0.39 is 0 Å². The Bertz CT molecular complexity index is 143. The molecule has 0 aromatic carbocycles. The summed E-state index contributed by atoms with van der Waals surface area (Å²) >= 11 is 0. The zero-order valence-corrected chi connectivity index (χ0v) is 8.25. The normalized spacial score (nSPS) is 9.31. The van der Waals surface area contributed by atoms with Crippen molar-refractivity contribution in [2.75, 3.05) is 13.2 Å². The highest BCUT2D eigenvalue weighted by Gasteiger charge is 1.99. The molecule has 0 N–H and O–H groups in total. The second-order valence-electron chi connectivity index (χ2n) is 2.72. The first-order chi connectivity index (χ1) is 6.31. The molecule has 0 unspecified atom stereocenters. The highest BCUT2D eigenvalue weighted by molar-refractivity contribution is 5.69. The third-order valence-electron chi connectivity index (χ3n) is 1.49. The Morgan fingerprint density at radius 3 is 2.69 bits per heavy atom. The number of esters is 1. The van der Waals surface area contributed by atoms with Crippen LogP contribution in [0.25, 0.3) is 0 Å². The predicted octanol–water partition coefficient (Wildman–Crippen LogP) is 2.27. The van der Waals surface area contributed by atoms with Gasteiger partial charge >= 0.3 is 5.97 Å². The van der Waals surface area contributed by atoms with E-state index in [2.05, 4.69) is 6.58 Å². The van der Waals surface area contributed by atoms with Crippen LogP contribution in [0.5, 0.6) is 0 Å². The molecule has 3 heteroatoms. The van der Waals surface area contributed by atoms with Gasteiger partial charge < -0.3 is 9.47 Å². The Kier molecular flexibility index (Phi) is 8.41. The molecule has 0 aromatic rings. The standard InChI is InChI=1S/C10H18O3/c1-3-7-10(11)13-9-6-5-8-12-4-2/h4H,2-3,5-9H2,1H3. The van der Waals surface area contributed by atoms with Crippen molar-refractivity contribution >= 4 is 5.97 Å². The first-order valence-electron chi connectivity index (χ1n) is 4.69. The van der Waals surface area contributed by atoms with Crippen molar-refractivity contribution in [1.82, 2.24) is 0 Å². The molecule has 13 heavy (non-hydrogen) atoms. The van der Waals surface area contributed by atoms with Gasteiger partial charge in [-0.1, -0.05) is 13.5 Å². The maximum Gasteiger partial charge on any atom is 0.305 e. The Morgan fingerprint density at radius 1 is 1.38 bits per heavy atom. The van der Waals surface area contributed by atoms with E-state index in [4.69, 9.17) is 9.47 Å². The van der Waals surface area contributed by atoms with Gasteiger partial charge in [-0.25, -0.2) is 0 Å². The van der Waals surface area contributed by atoms with Crippen LogP contribution in [0.3, 0.4) is 0 Å². The fourth-order valence-electron chi connectivity index (χ4n) is 0.833. The molecule has 0 spiro atoms. The molecule has 0 rings (SSSR count). The van der Waals surface area contributed by atoms with Crippen molar-refractivity contribution in [1.29, 1.82) is 0 Å². The molecule has 3 nitrogen and oxygen atoms in total. The highest BCUT2D eigenvalue weighted by atomic mass is 16.5. The fourth-order valence-corrected chi connectivity index (χ4v) is 0.833. The van der Waals surface area contributed by atoms with Gasteiger partial charge in [0.25, 0.3) is 0 Å². The predicted molar refractivity (Wildman–Crippen MR) is 51.3 cm³/mol. The van der Waals surface area contributed by atoms with Gasteiger partial charge in [-0.2, -0.15) is 0 Å². The molecular weight excluding hydrogens is 168 g/mol. The lowest BCUT2D eigenvalue weighted by atomic mass is 10.3. The Morgan fingerprint density at radius 2 is 2.08 bits per heavy atom. The van der Waals surface area contributed by atoms with Gasteiger partial charge in [0.1, 0.15) is 0 Å². The first kappa shape index (κ1) is 12.0. The third kappa shape index (κ3) is 8.92. The van der Waals surface area contributed by atoms with Gasteiger partial charge in [-0.05, 0) is 19.3 Å². The summed E-state index contributed by atoms with van der Waals surface area (Å²) in [6.45, 7) is 6.53. The van der Waals surface area contributed by atoms with E-state index in [1.54, 1.807) is 0 Å². The van der Waals surface area contributed by atoms with Crippen LogP contribution in [0, 0.1) is 0 Å². The van der Waals surface area contributed by atoms with Crippen LogP contribution in [0.2, 0.25) is 0 Å². The van der Waals surface area contributed by atoms with E-state index in [0.29, 0.717) is 19.6 Å². The van der Waals surface area contributed by atoms with Gasteiger partial charge in [-0.3, -0.25) is 4.79 Å². The number of hydrogen-bond acceptors (Lipinski definition) is 3. The topological polar surface area (TPSA) is 35.5 Å². The maximum absolute atomic E-state index is 10.9. The molecular formula is C10H18O3. The molecule has 0 aromatic heterocycles. The van der Waals surface area contributed by atoms with Crippen molar-refractivity contribution in [2.24, 2.45) is 0 Å². The van der Waals surface area contributed by atoms with Crippen LogP contribution in [0.4, 0.5) is 0 Å². The lowest BCUT2D eigenvalue weighted by Crippen LogP contribution is -2.05. The summed E-state index contributed by atoms with van der Waals surface area (Å²) in [7, 11) is 0. The second-order valence-corrected chi connectivity index (χ2v) is 2.72. The minimum atomic E-state index is -0.105. The van der Waals surface area contributed by atoms with Crippen molar-refractivity contribution in [3.63, 3.8) is 0 Å². The SMILES string of the molecule is C=COCCCCOC(=O)CCC. The number of hydrogen-bond donors (Lipinski definition) is 0. The van der Waals surface area contributed by atoms with Crippen LogP contribution in [0.15, 0.2) is 12.8 Å². The van der Waals surface area contributed by atoms with Crippen LogP contribution in [-0.4, -0.2) is 19.2 Å². The Hall–Kier alpha value is -0.990. The summed E-state index contributed by atoms with van der Waals surface area (Å²) in [5.41, 5.74) is 0. The zero-order valence-electron chi connectivity index (χ0n) is 8.25. The molecule has 0 heterocycles. The summed E-state index contributed by atoms with van der Waals surface area (Å²) in [6, 6.07) is 0. The summed E-state index contributed by atoms with van der Waals surface area (Å²) in [5, 5.41) is 0. The average molecular weight is 186 g/mol. The zero-order chi connectivity index (χ0) is 9.94. The van der Waals surface area contributed by atoms with E-state index in [-0.39, 0.29) is 5.97 Å². The Labute approximate surface area is 79.7 Å². The van der Waals surface area contributed by atoms with E-state index in [1.807, 2.05) is 6.92 Å². The van der Waals surface area contributed by atoms with E-state index in [1.165, 1.54) is 6.26 Å². The van der Waals surface area contributed by atoms with E-state index in [0.717, 1.165) is 19.3 Å². The van der Waals surface area contributed by atoms with E-state index >= 15 is 0 Å². The van der Waals surface area contributed by atoms with Gasteiger partial charge in [-0.15, -0.1) is 0 Å². The summed E-state index contributed by atoms with van der Waals surface area (Å²) in [6.07, 6.45) is 4.53. The highest BCUT2D eigenvalue weighted by Crippen LogP contribution is 1.95. The summed E-state index contributed by atoms with van der Waals surface area (Å²) in [4.78, 5) is 10.9. The Balaban J connectivity index is 3.06. The molecule has 0 saturated carbocycles. The number of ether oxygens (including phenoxy) is 2. The molecule has 0 amide bonds. The fraction of sp³-hybridized carbons (Fsp3) is 0.700. The monoisotopic (exact) mass is 186 g/mol. The molecule has 0 atom stereocenters. The van der Waals surface area contributed by atoms with Crippen LogP contribution >= 0.6 is 0 Å². The van der Waals surface area contributed by atoms with Crippen molar-refractivity contribution in [3.8, 4) is 0 Å². The smallest absolute Gasteiger partial charge is 0.305 e. The minimum Gasteiger partial charge on any atom is -0.502 e. The molecule has 76 valence electrons. The lowest BCUT2D eigenvalue weighted by Gasteiger charge is -2.03. The maximum atomic E-state index is 10.9. The van der Waals surface area contributed by atoms with Crippen molar-refractivity contribution in [3.05, 3.63) is 12.8 Å². The largest absolute Gasteiger partial charge is 0.502 e. The third-order valence-corrected chi connectivity index (χ3v) is 1.49. The quantitative estimate of drug-likeness (QED) is 0.331. The molecule has 0 fully saturated rings. The number of carbonyl (C=O) groups is 1. The van der Waals surface area contributed by atoms with Crippen molar-refractivity contribution < 1.29 is 14.3 Å². The number of carbonyl (C=O) groups excluding carboxylic acids is 1. The second kappa shape index (κ2) is 9.10. The van der Waals surface area contributed by atoms with Gasteiger partial charge in [0, 0.05) is 6.42 Å². The van der Waals surface area contributed by atoms with Crippen molar-refractivity contribution in [2.45, 2.75) is 32.6 Å². The molecule has 0 aliphatic rings. The molecule has 0 aliphatic carbocycles.